The van der Waals surface area contributed by atoms with Gasteiger partial charge in [-0.15, -0.1) is 0 Å². The van der Waals surface area contributed by atoms with Crippen molar-refractivity contribution in [3.8, 4) is 0 Å². The lowest BCUT2D eigenvalue weighted by molar-refractivity contribution is -0.134. The van der Waals surface area contributed by atoms with Crippen LogP contribution in [0.15, 0.2) is 24.3 Å². The molecule has 1 rings (SSSR count). The average molecular weight is 230 g/mol. The first-order valence-electron chi connectivity index (χ1n) is 4.38. The van der Waals surface area contributed by atoms with Crippen LogP contribution in [0.1, 0.15) is 17.6 Å². The van der Waals surface area contributed by atoms with E-state index in [0.717, 1.165) is 18.2 Å². The van der Waals surface area contributed by atoms with Gasteiger partial charge in [-0.25, -0.2) is 18.0 Å². The van der Waals surface area contributed by atoms with Gasteiger partial charge < -0.3 is 4.74 Å². The van der Waals surface area contributed by atoms with Crippen molar-refractivity contribution in [2.75, 3.05) is 7.11 Å². The summed E-state index contributed by atoms with van der Waals surface area (Å²) in [6.07, 6.45) is -0.486. The fourth-order valence-electron chi connectivity index (χ4n) is 1.06. The van der Waals surface area contributed by atoms with Crippen LogP contribution in [0.5, 0.6) is 0 Å². The van der Waals surface area contributed by atoms with Gasteiger partial charge in [0.15, 0.2) is 0 Å². The highest BCUT2D eigenvalue weighted by Gasteiger charge is 2.12. The van der Waals surface area contributed by atoms with Crippen molar-refractivity contribution in [2.45, 2.75) is 6.43 Å². The van der Waals surface area contributed by atoms with Crippen molar-refractivity contribution in [3.63, 3.8) is 0 Å². The van der Waals surface area contributed by atoms with E-state index in [4.69, 9.17) is 0 Å². The van der Waals surface area contributed by atoms with Crippen LogP contribution in [0.2, 0.25) is 0 Å². The summed E-state index contributed by atoms with van der Waals surface area (Å²) in [7, 11) is 1.20. The lowest BCUT2D eigenvalue weighted by Gasteiger charge is -2.02. The second-order valence-electron chi connectivity index (χ2n) is 2.94. The summed E-state index contributed by atoms with van der Waals surface area (Å²) in [5, 5.41) is 0. The zero-order chi connectivity index (χ0) is 12.1. The lowest BCUT2D eigenvalue weighted by Crippen LogP contribution is -1.94. The van der Waals surface area contributed by atoms with Gasteiger partial charge in [0, 0.05) is 6.08 Å². The van der Waals surface area contributed by atoms with Crippen LogP contribution in [0.3, 0.4) is 0 Å². The Labute approximate surface area is 90.3 Å². The molecule has 1 aromatic carbocycles. The Morgan fingerprint density at radius 1 is 1.44 bits per heavy atom. The van der Waals surface area contributed by atoms with E-state index < -0.39 is 23.8 Å². The van der Waals surface area contributed by atoms with Gasteiger partial charge in [-0.05, 0) is 23.8 Å². The molecule has 0 unspecified atom stereocenters. The quantitative estimate of drug-likeness (QED) is 0.589. The number of hydrogen-bond acceptors (Lipinski definition) is 2. The number of benzene rings is 1. The van der Waals surface area contributed by atoms with Crippen LogP contribution in [-0.4, -0.2) is 13.1 Å². The monoisotopic (exact) mass is 230 g/mol. The Morgan fingerprint density at radius 2 is 2.12 bits per heavy atom. The summed E-state index contributed by atoms with van der Waals surface area (Å²) in [5.74, 6) is -1.60. The molecule has 0 saturated heterocycles. The molecule has 0 bridgehead atoms. The minimum absolute atomic E-state index is 0.312. The number of methoxy groups -OCH3 is 1. The standard InChI is InChI=1S/C11H9F3O2/c1-16-10(15)5-3-7-2-4-8(11(13)14)9(12)6-7/h2-6,11H,1H3. The molecule has 0 aromatic heterocycles. The Kier molecular flexibility index (Phi) is 4.10. The molecular formula is C11H9F3O2. The maximum Gasteiger partial charge on any atom is 0.330 e. The van der Waals surface area contributed by atoms with E-state index >= 15 is 0 Å². The molecule has 0 radical (unpaired) electrons. The van der Waals surface area contributed by atoms with Crippen LogP contribution in [-0.2, 0) is 9.53 Å². The van der Waals surface area contributed by atoms with E-state index in [1.807, 2.05) is 0 Å². The average Bonchev–Trinajstić information content (AvgIpc) is 2.25. The molecule has 0 aliphatic heterocycles. The second kappa shape index (κ2) is 5.34. The molecule has 16 heavy (non-hydrogen) atoms. The number of ether oxygens (including phenoxy) is 1. The molecule has 0 fully saturated rings. The van der Waals surface area contributed by atoms with Crippen LogP contribution >= 0.6 is 0 Å². The predicted molar refractivity (Wildman–Crippen MR) is 52.4 cm³/mol. The summed E-state index contributed by atoms with van der Waals surface area (Å²) in [6.45, 7) is 0. The zero-order valence-corrected chi connectivity index (χ0v) is 8.41. The first-order chi connectivity index (χ1) is 7.54. The third-order valence-corrected chi connectivity index (χ3v) is 1.87. The summed E-state index contributed by atoms with van der Waals surface area (Å²) in [4.78, 5) is 10.7. The van der Waals surface area contributed by atoms with Gasteiger partial charge in [0.25, 0.3) is 6.43 Å². The van der Waals surface area contributed by atoms with Gasteiger partial charge in [0.05, 0.1) is 12.7 Å². The number of halogens is 3. The van der Waals surface area contributed by atoms with Gasteiger partial charge in [-0.1, -0.05) is 6.07 Å². The smallest absolute Gasteiger partial charge is 0.330 e. The number of esters is 1. The highest BCUT2D eigenvalue weighted by molar-refractivity contribution is 5.86. The molecule has 0 aliphatic rings. The Morgan fingerprint density at radius 3 is 2.62 bits per heavy atom. The topological polar surface area (TPSA) is 26.3 Å². The lowest BCUT2D eigenvalue weighted by atomic mass is 10.1. The summed E-state index contributed by atoms with van der Waals surface area (Å²) < 4.78 is 41.8. The van der Waals surface area contributed by atoms with Crippen molar-refractivity contribution in [1.29, 1.82) is 0 Å². The fraction of sp³-hybridized carbons (Fsp3) is 0.182. The summed E-state index contributed by atoms with van der Waals surface area (Å²) >= 11 is 0. The van der Waals surface area contributed by atoms with Crippen molar-refractivity contribution in [3.05, 3.63) is 41.2 Å². The number of carbonyl (C=O) groups is 1. The Hall–Kier alpha value is -1.78. The maximum absolute atomic E-state index is 13.1. The maximum atomic E-state index is 13.1. The van der Waals surface area contributed by atoms with Gasteiger partial charge in [-0.2, -0.15) is 0 Å². The number of carbonyl (C=O) groups excluding carboxylic acids is 1. The summed E-state index contributed by atoms with van der Waals surface area (Å²) in [5.41, 5.74) is -0.345. The number of alkyl halides is 2. The Balaban J connectivity index is 2.89. The van der Waals surface area contributed by atoms with Crippen LogP contribution in [0, 0.1) is 5.82 Å². The van der Waals surface area contributed by atoms with Crippen molar-refractivity contribution in [2.24, 2.45) is 0 Å². The summed E-state index contributed by atoms with van der Waals surface area (Å²) in [6, 6.07) is 3.21. The molecule has 0 spiro atoms. The molecule has 0 N–H and O–H groups in total. The second-order valence-corrected chi connectivity index (χ2v) is 2.94. The molecular weight excluding hydrogens is 221 g/mol. The van der Waals surface area contributed by atoms with Crippen LogP contribution in [0.4, 0.5) is 13.2 Å². The molecule has 0 aliphatic carbocycles. The van der Waals surface area contributed by atoms with Crippen LogP contribution < -0.4 is 0 Å². The molecule has 0 heterocycles. The Bertz CT molecular complexity index is 414. The van der Waals surface area contributed by atoms with Crippen molar-refractivity contribution in [1.82, 2.24) is 0 Å². The minimum atomic E-state index is -2.85. The SMILES string of the molecule is COC(=O)C=Cc1ccc(C(F)F)c(F)c1. The molecule has 0 amide bonds. The first-order valence-corrected chi connectivity index (χ1v) is 4.38. The normalized spacial score (nSPS) is 11.1. The van der Waals surface area contributed by atoms with Gasteiger partial charge >= 0.3 is 5.97 Å². The van der Waals surface area contributed by atoms with Crippen LogP contribution in [0.25, 0.3) is 6.08 Å². The van der Waals surface area contributed by atoms with Gasteiger partial charge in [-0.3, -0.25) is 0 Å². The molecule has 5 heteroatoms. The number of hydrogen-bond donors (Lipinski definition) is 0. The van der Waals surface area contributed by atoms with E-state index in [1.165, 1.54) is 19.3 Å². The zero-order valence-electron chi connectivity index (χ0n) is 8.41. The van der Waals surface area contributed by atoms with E-state index in [1.54, 1.807) is 0 Å². The first kappa shape index (κ1) is 12.3. The fourth-order valence-corrected chi connectivity index (χ4v) is 1.06. The third kappa shape index (κ3) is 3.12. The molecule has 1 aromatic rings. The largest absolute Gasteiger partial charge is 0.466 e. The van der Waals surface area contributed by atoms with E-state index in [-0.39, 0.29) is 0 Å². The highest BCUT2D eigenvalue weighted by Crippen LogP contribution is 2.22. The molecule has 0 atom stereocenters. The molecule has 86 valence electrons. The van der Waals surface area contributed by atoms with E-state index in [0.29, 0.717) is 5.56 Å². The minimum Gasteiger partial charge on any atom is -0.466 e. The van der Waals surface area contributed by atoms with Crippen molar-refractivity contribution < 1.29 is 22.7 Å². The van der Waals surface area contributed by atoms with E-state index in [2.05, 4.69) is 4.74 Å². The highest BCUT2D eigenvalue weighted by atomic mass is 19.3. The molecule has 0 saturated carbocycles. The number of rotatable bonds is 3. The third-order valence-electron chi connectivity index (χ3n) is 1.87. The van der Waals surface area contributed by atoms with Crippen molar-refractivity contribution >= 4 is 12.0 Å². The van der Waals surface area contributed by atoms with Gasteiger partial charge in [0.2, 0.25) is 0 Å². The van der Waals surface area contributed by atoms with Gasteiger partial charge in [0.1, 0.15) is 5.82 Å². The molecule has 2 nitrogen and oxygen atoms in total. The van der Waals surface area contributed by atoms with E-state index in [9.17, 15) is 18.0 Å². The predicted octanol–water partition coefficient (Wildman–Crippen LogP) is 2.95.